The average molecular weight is 392 g/mol. The first-order valence-corrected chi connectivity index (χ1v) is 9.97. The number of thiophene rings is 1. The maximum absolute atomic E-state index is 12.9. The zero-order chi connectivity index (χ0) is 19.7. The molecule has 3 aromatic heterocycles. The van der Waals surface area contributed by atoms with Crippen LogP contribution >= 0.6 is 11.3 Å². The van der Waals surface area contributed by atoms with Crippen molar-refractivity contribution in [3.63, 3.8) is 0 Å². The summed E-state index contributed by atoms with van der Waals surface area (Å²) in [4.78, 5) is 15.5. The number of aryl methyl sites for hydroxylation is 2. The minimum Gasteiger partial charge on any atom is -0.343 e. The van der Waals surface area contributed by atoms with Crippen LogP contribution in [-0.4, -0.2) is 30.6 Å². The second-order valence-corrected chi connectivity index (χ2v) is 7.86. The molecule has 0 unspecified atom stereocenters. The molecule has 3 heterocycles. The summed E-state index contributed by atoms with van der Waals surface area (Å²) in [6, 6.07) is 14.0. The molecule has 0 bridgehead atoms. The molecule has 6 nitrogen and oxygen atoms in total. The largest absolute Gasteiger partial charge is 0.343 e. The number of Topliss-reactive ketones (excluding diaryl/α,β-unsaturated/α-hetero) is 1. The summed E-state index contributed by atoms with van der Waals surface area (Å²) in [7, 11) is 0. The maximum atomic E-state index is 12.9. The number of carbonyl (C=O) groups excluding carboxylic acids is 1. The lowest BCUT2D eigenvalue weighted by Gasteiger charge is -2.08. The second-order valence-electron chi connectivity index (χ2n) is 6.83. The highest BCUT2D eigenvalue weighted by Gasteiger charge is 2.18. The molecule has 7 heteroatoms. The number of nitrogens with zero attached hydrogens (tertiary/aromatic N) is 5. The lowest BCUT2D eigenvalue weighted by atomic mass is 10.1. The van der Waals surface area contributed by atoms with E-state index in [-0.39, 0.29) is 12.3 Å². The van der Waals surface area contributed by atoms with Crippen molar-refractivity contribution in [3.8, 4) is 11.4 Å². The molecule has 0 fully saturated rings. The fraction of sp³-hybridized carbons (Fsp3) is 0.238. The van der Waals surface area contributed by atoms with Gasteiger partial charge in [0.1, 0.15) is 6.54 Å². The van der Waals surface area contributed by atoms with Gasteiger partial charge in [-0.2, -0.15) is 4.80 Å². The van der Waals surface area contributed by atoms with Crippen molar-refractivity contribution in [2.75, 3.05) is 0 Å². The summed E-state index contributed by atoms with van der Waals surface area (Å²) in [6.45, 7) is 6.87. The van der Waals surface area contributed by atoms with E-state index in [0.29, 0.717) is 11.4 Å². The fourth-order valence-corrected chi connectivity index (χ4v) is 4.03. The molecule has 142 valence electrons. The van der Waals surface area contributed by atoms with Gasteiger partial charge in [-0.1, -0.05) is 30.3 Å². The van der Waals surface area contributed by atoms with Crippen molar-refractivity contribution in [1.29, 1.82) is 0 Å². The number of tetrazole rings is 1. The Labute approximate surface area is 167 Å². The summed E-state index contributed by atoms with van der Waals surface area (Å²) in [5.74, 6) is 0.522. The van der Waals surface area contributed by atoms with E-state index in [0.717, 1.165) is 29.1 Å². The first kappa shape index (κ1) is 18.3. The third-order valence-corrected chi connectivity index (χ3v) is 5.75. The van der Waals surface area contributed by atoms with Gasteiger partial charge in [-0.15, -0.1) is 21.5 Å². The molecule has 0 aliphatic rings. The predicted octanol–water partition coefficient (Wildman–Crippen LogP) is 4.06. The average Bonchev–Trinajstić information content (AvgIpc) is 3.40. The molecule has 0 amide bonds. The van der Waals surface area contributed by atoms with E-state index in [4.69, 9.17) is 0 Å². The third kappa shape index (κ3) is 3.53. The van der Waals surface area contributed by atoms with Crippen LogP contribution in [0.25, 0.3) is 11.4 Å². The Morgan fingerprint density at radius 1 is 1.11 bits per heavy atom. The Morgan fingerprint density at radius 3 is 2.68 bits per heavy atom. The van der Waals surface area contributed by atoms with Crippen LogP contribution in [0.2, 0.25) is 0 Å². The molecule has 1 aromatic carbocycles. The summed E-state index contributed by atoms with van der Waals surface area (Å²) < 4.78 is 2.17. The SMILES string of the molecule is Cc1ccccc1-c1nnn(CC(=O)c2cc(C)n(Cc3cccs3)c2C)n1. The number of hydrogen-bond acceptors (Lipinski definition) is 5. The minimum absolute atomic E-state index is 0.0146. The first-order chi connectivity index (χ1) is 13.5. The van der Waals surface area contributed by atoms with E-state index < -0.39 is 0 Å². The lowest BCUT2D eigenvalue weighted by molar-refractivity contribution is 0.0960. The van der Waals surface area contributed by atoms with Gasteiger partial charge in [0.15, 0.2) is 5.78 Å². The van der Waals surface area contributed by atoms with E-state index in [1.54, 1.807) is 11.3 Å². The van der Waals surface area contributed by atoms with E-state index in [9.17, 15) is 4.79 Å². The molecule has 28 heavy (non-hydrogen) atoms. The highest BCUT2D eigenvalue weighted by atomic mass is 32.1. The maximum Gasteiger partial charge on any atom is 0.205 e. The number of aromatic nitrogens is 5. The molecule has 4 aromatic rings. The van der Waals surface area contributed by atoms with Gasteiger partial charge in [-0.25, -0.2) is 0 Å². The van der Waals surface area contributed by atoms with E-state index in [1.165, 1.54) is 9.67 Å². The standard InChI is InChI=1S/C21H21N5OS/c1-14-7-4-5-9-18(14)21-22-24-26(23-21)13-20(27)19-11-15(2)25(16(19)3)12-17-8-6-10-28-17/h4-11H,12-13H2,1-3H3. The van der Waals surface area contributed by atoms with E-state index in [1.807, 2.05) is 57.2 Å². The van der Waals surface area contributed by atoms with Crippen LogP contribution in [0.1, 0.15) is 32.2 Å². The van der Waals surface area contributed by atoms with Gasteiger partial charge in [0.2, 0.25) is 5.82 Å². The van der Waals surface area contributed by atoms with Crippen LogP contribution in [-0.2, 0) is 13.1 Å². The van der Waals surface area contributed by atoms with Gasteiger partial charge in [0.25, 0.3) is 0 Å². The van der Waals surface area contributed by atoms with Crippen LogP contribution in [0.4, 0.5) is 0 Å². The van der Waals surface area contributed by atoms with Crippen molar-refractivity contribution in [1.82, 2.24) is 24.8 Å². The first-order valence-electron chi connectivity index (χ1n) is 9.09. The topological polar surface area (TPSA) is 65.6 Å². The molecule has 0 N–H and O–H groups in total. The molecular formula is C21H21N5OS. The van der Waals surface area contributed by atoms with Crippen molar-refractivity contribution >= 4 is 17.1 Å². The Balaban J connectivity index is 1.54. The summed E-state index contributed by atoms with van der Waals surface area (Å²) in [6.07, 6.45) is 0. The number of hydrogen-bond donors (Lipinski definition) is 0. The van der Waals surface area contributed by atoms with Gasteiger partial charge in [0, 0.05) is 27.4 Å². The van der Waals surface area contributed by atoms with Gasteiger partial charge >= 0.3 is 0 Å². The second kappa shape index (κ2) is 7.52. The van der Waals surface area contributed by atoms with Gasteiger partial charge in [-0.3, -0.25) is 4.79 Å². The van der Waals surface area contributed by atoms with Gasteiger partial charge in [-0.05, 0) is 49.1 Å². The predicted molar refractivity (Wildman–Crippen MR) is 110 cm³/mol. The Kier molecular flexibility index (Phi) is 4.92. The number of rotatable bonds is 6. The van der Waals surface area contributed by atoms with Crippen LogP contribution in [0.3, 0.4) is 0 Å². The Bertz CT molecular complexity index is 1120. The molecule has 0 atom stereocenters. The minimum atomic E-state index is -0.0146. The van der Waals surface area contributed by atoms with E-state index >= 15 is 0 Å². The van der Waals surface area contributed by atoms with Crippen molar-refractivity contribution in [2.24, 2.45) is 0 Å². The fourth-order valence-electron chi connectivity index (χ4n) is 3.34. The van der Waals surface area contributed by atoms with Crippen molar-refractivity contribution in [2.45, 2.75) is 33.9 Å². The van der Waals surface area contributed by atoms with Crippen LogP contribution < -0.4 is 0 Å². The molecule has 0 radical (unpaired) electrons. The number of carbonyl (C=O) groups is 1. The molecule has 0 aliphatic heterocycles. The smallest absolute Gasteiger partial charge is 0.205 e. The van der Waals surface area contributed by atoms with Crippen LogP contribution in [0.15, 0.2) is 47.8 Å². The normalized spacial score (nSPS) is 11.1. The molecule has 0 saturated carbocycles. The molecule has 4 rings (SSSR count). The quantitative estimate of drug-likeness (QED) is 0.465. The van der Waals surface area contributed by atoms with Crippen molar-refractivity contribution < 1.29 is 4.79 Å². The van der Waals surface area contributed by atoms with Crippen molar-refractivity contribution in [3.05, 3.63) is 75.2 Å². The van der Waals surface area contributed by atoms with E-state index in [2.05, 4.69) is 31.4 Å². The Hall–Kier alpha value is -3.06. The Morgan fingerprint density at radius 2 is 1.93 bits per heavy atom. The highest BCUT2D eigenvalue weighted by Crippen LogP contribution is 2.21. The lowest BCUT2D eigenvalue weighted by Crippen LogP contribution is -2.14. The molecule has 0 saturated heterocycles. The van der Waals surface area contributed by atoms with Crippen LogP contribution in [0, 0.1) is 20.8 Å². The molecular weight excluding hydrogens is 370 g/mol. The number of benzene rings is 1. The summed E-state index contributed by atoms with van der Waals surface area (Å²) in [5.41, 5.74) is 4.75. The highest BCUT2D eigenvalue weighted by molar-refractivity contribution is 7.09. The van der Waals surface area contributed by atoms with Gasteiger partial charge < -0.3 is 4.57 Å². The number of ketones is 1. The monoisotopic (exact) mass is 391 g/mol. The van der Waals surface area contributed by atoms with Gasteiger partial charge in [0.05, 0.1) is 6.54 Å². The third-order valence-electron chi connectivity index (χ3n) is 4.89. The molecule has 0 spiro atoms. The summed E-state index contributed by atoms with van der Waals surface area (Å²) in [5, 5.41) is 14.6. The summed E-state index contributed by atoms with van der Waals surface area (Å²) >= 11 is 1.72. The van der Waals surface area contributed by atoms with Crippen LogP contribution in [0.5, 0.6) is 0 Å². The zero-order valence-electron chi connectivity index (χ0n) is 16.1. The zero-order valence-corrected chi connectivity index (χ0v) is 16.9. The molecule has 0 aliphatic carbocycles.